The Morgan fingerprint density at radius 3 is 2.03 bits per heavy atom. The minimum absolute atomic E-state index is 0.0473. The second-order valence-electron chi connectivity index (χ2n) is 6.64. The highest BCUT2D eigenvalue weighted by molar-refractivity contribution is 6.13. The number of aliphatic carboxylic acids is 1. The average Bonchev–Trinajstić information content (AvgIpc) is 3.05. The lowest BCUT2D eigenvalue weighted by atomic mass is 9.99. The van der Waals surface area contributed by atoms with E-state index in [0.29, 0.717) is 12.1 Å². The summed E-state index contributed by atoms with van der Waals surface area (Å²) in [6.45, 7) is 20.2. The molecule has 0 aliphatic carbocycles. The first kappa shape index (κ1) is 26.4. The quantitative estimate of drug-likeness (QED) is 0.586. The van der Waals surface area contributed by atoms with E-state index in [1.54, 1.807) is 36.1 Å². The summed E-state index contributed by atoms with van der Waals surface area (Å²) in [4.78, 5) is 25.6. The van der Waals surface area contributed by atoms with Gasteiger partial charge in [-0.1, -0.05) is 71.9 Å². The summed E-state index contributed by atoms with van der Waals surface area (Å²) < 4.78 is 0. The van der Waals surface area contributed by atoms with E-state index < -0.39 is 11.9 Å². The van der Waals surface area contributed by atoms with E-state index in [1.165, 1.54) is 0 Å². The fourth-order valence-electron chi connectivity index (χ4n) is 2.66. The standard InChI is InChI=1S/C21H25NO3.2C2H6/c1-6-16-12-22(20(23)19(16)11-14(4)13(2)3)18-9-7-17(8-10-18)15(5)21(24)25;2*1-2/h6-11,13,15H,4,12H2,1-3,5H3,(H,24,25);2*1-2H3/b16-6-,19-11+;;. The van der Waals surface area contributed by atoms with Gasteiger partial charge in [-0.2, -0.15) is 0 Å². The van der Waals surface area contributed by atoms with Gasteiger partial charge in [0.05, 0.1) is 12.5 Å². The van der Waals surface area contributed by atoms with Crippen molar-refractivity contribution in [1.29, 1.82) is 0 Å². The van der Waals surface area contributed by atoms with E-state index in [0.717, 1.165) is 22.4 Å². The largest absolute Gasteiger partial charge is 0.481 e. The highest BCUT2D eigenvalue weighted by atomic mass is 16.4. The van der Waals surface area contributed by atoms with Crippen molar-refractivity contribution in [2.75, 3.05) is 11.4 Å². The van der Waals surface area contributed by atoms with Crippen LogP contribution in [-0.4, -0.2) is 23.5 Å². The van der Waals surface area contributed by atoms with Crippen LogP contribution in [0.5, 0.6) is 0 Å². The number of rotatable bonds is 5. The van der Waals surface area contributed by atoms with E-state index in [9.17, 15) is 9.59 Å². The van der Waals surface area contributed by atoms with Crippen LogP contribution in [-0.2, 0) is 9.59 Å². The molecule has 1 heterocycles. The fraction of sp³-hybridized carbons (Fsp3) is 0.440. The van der Waals surface area contributed by atoms with Gasteiger partial charge in [-0.15, -0.1) is 0 Å². The summed E-state index contributed by atoms with van der Waals surface area (Å²) in [5.74, 6) is -1.20. The van der Waals surface area contributed by atoms with Gasteiger partial charge in [0.2, 0.25) is 0 Å². The molecule has 1 aliphatic heterocycles. The van der Waals surface area contributed by atoms with Crippen LogP contribution in [0.4, 0.5) is 5.69 Å². The average molecular weight is 400 g/mol. The van der Waals surface area contributed by atoms with Crippen molar-refractivity contribution in [2.45, 2.75) is 61.3 Å². The molecule has 1 aromatic carbocycles. The predicted octanol–water partition coefficient (Wildman–Crippen LogP) is 6.36. The SMILES string of the molecule is C=C(/C=C1/C(=O)N(c2ccc(C(C)C(=O)O)cc2)C/C1=C/C)C(C)C.CC.CC. The van der Waals surface area contributed by atoms with E-state index in [1.807, 2.05) is 60.6 Å². The zero-order valence-corrected chi connectivity index (χ0v) is 19.2. The molecule has 0 aromatic heterocycles. The Labute approximate surface area is 176 Å². The zero-order valence-electron chi connectivity index (χ0n) is 19.2. The van der Waals surface area contributed by atoms with Crippen LogP contribution >= 0.6 is 0 Å². The number of carboxylic acids is 1. The summed E-state index contributed by atoms with van der Waals surface area (Å²) in [7, 11) is 0. The van der Waals surface area contributed by atoms with Gasteiger partial charge in [-0.05, 0) is 49.1 Å². The number of carboxylic acid groups (broad SMARTS) is 1. The highest BCUT2D eigenvalue weighted by Gasteiger charge is 2.31. The molecule has 0 saturated carbocycles. The van der Waals surface area contributed by atoms with Crippen molar-refractivity contribution < 1.29 is 14.7 Å². The second kappa shape index (κ2) is 12.8. The van der Waals surface area contributed by atoms with E-state index in [-0.39, 0.29) is 11.8 Å². The molecule has 1 fully saturated rings. The van der Waals surface area contributed by atoms with E-state index >= 15 is 0 Å². The molecule has 4 heteroatoms. The van der Waals surface area contributed by atoms with Gasteiger partial charge in [-0.25, -0.2) is 0 Å². The highest BCUT2D eigenvalue weighted by Crippen LogP contribution is 2.31. The maximum absolute atomic E-state index is 12.8. The Hall–Kier alpha value is -2.62. The number of hydrogen-bond donors (Lipinski definition) is 1. The fourth-order valence-corrected chi connectivity index (χ4v) is 2.66. The number of amides is 1. The van der Waals surface area contributed by atoms with Crippen LogP contribution in [0.3, 0.4) is 0 Å². The summed E-state index contributed by atoms with van der Waals surface area (Å²) in [5, 5.41) is 9.10. The van der Waals surface area contributed by atoms with Crippen LogP contribution < -0.4 is 4.90 Å². The maximum Gasteiger partial charge on any atom is 0.310 e. The Bertz CT molecular complexity index is 755. The van der Waals surface area contributed by atoms with E-state index in [4.69, 9.17) is 5.11 Å². The van der Waals surface area contributed by atoms with Crippen molar-refractivity contribution in [3.8, 4) is 0 Å². The number of hydrogen-bond acceptors (Lipinski definition) is 2. The minimum Gasteiger partial charge on any atom is -0.481 e. The summed E-state index contributed by atoms with van der Waals surface area (Å²) in [6.07, 6.45) is 3.83. The number of benzene rings is 1. The smallest absolute Gasteiger partial charge is 0.310 e. The molecule has 160 valence electrons. The van der Waals surface area contributed by atoms with Gasteiger partial charge in [0.15, 0.2) is 0 Å². The van der Waals surface area contributed by atoms with Gasteiger partial charge in [0.1, 0.15) is 0 Å². The Morgan fingerprint density at radius 2 is 1.62 bits per heavy atom. The summed E-state index contributed by atoms with van der Waals surface area (Å²) >= 11 is 0. The normalized spacial score (nSPS) is 16.9. The van der Waals surface area contributed by atoms with Gasteiger partial charge in [0.25, 0.3) is 5.91 Å². The lowest BCUT2D eigenvalue weighted by Crippen LogP contribution is -2.24. The maximum atomic E-state index is 12.8. The van der Waals surface area contributed by atoms with Crippen molar-refractivity contribution in [1.82, 2.24) is 0 Å². The Balaban J connectivity index is 0.00000184. The summed E-state index contributed by atoms with van der Waals surface area (Å²) in [6, 6.07) is 7.15. The first-order valence-electron chi connectivity index (χ1n) is 10.5. The lowest BCUT2D eigenvalue weighted by molar-refractivity contribution is -0.138. The number of allylic oxidation sites excluding steroid dienone is 3. The lowest BCUT2D eigenvalue weighted by Gasteiger charge is -2.16. The number of carbonyl (C=O) groups excluding carboxylic acids is 1. The molecule has 1 N–H and O–H groups in total. The molecule has 1 unspecified atom stereocenters. The molecule has 29 heavy (non-hydrogen) atoms. The van der Waals surface area contributed by atoms with Crippen LogP contribution in [0.15, 0.2) is 59.7 Å². The third-order valence-electron chi connectivity index (χ3n) is 4.64. The Morgan fingerprint density at radius 1 is 1.10 bits per heavy atom. The van der Waals surface area contributed by atoms with Crippen LogP contribution in [0.1, 0.15) is 66.9 Å². The van der Waals surface area contributed by atoms with Crippen LogP contribution in [0.25, 0.3) is 0 Å². The monoisotopic (exact) mass is 399 g/mol. The van der Waals surface area contributed by atoms with Crippen molar-refractivity contribution in [3.63, 3.8) is 0 Å². The van der Waals surface area contributed by atoms with Gasteiger partial charge < -0.3 is 10.0 Å². The summed E-state index contributed by atoms with van der Waals surface area (Å²) in [5.41, 5.74) is 4.08. The van der Waals surface area contributed by atoms with Crippen molar-refractivity contribution in [3.05, 3.63) is 65.3 Å². The predicted molar refractivity (Wildman–Crippen MR) is 123 cm³/mol. The molecule has 1 aromatic rings. The van der Waals surface area contributed by atoms with E-state index in [2.05, 4.69) is 6.58 Å². The number of nitrogens with zero attached hydrogens (tertiary/aromatic N) is 1. The number of carbonyl (C=O) groups is 2. The van der Waals surface area contributed by atoms with Gasteiger partial charge in [0, 0.05) is 11.3 Å². The number of anilines is 1. The van der Waals surface area contributed by atoms with Crippen LogP contribution in [0.2, 0.25) is 0 Å². The molecule has 0 bridgehead atoms. The molecule has 0 radical (unpaired) electrons. The van der Waals surface area contributed by atoms with Crippen molar-refractivity contribution in [2.24, 2.45) is 5.92 Å². The molecule has 2 rings (SSSR count). The van der Waals surface area contributed by atoms with Gasteiger partial charge >= 0.3 is 5.97 Å². The molecule has 1 aliphatic rings. The third kappa shape index (κ3) is 6.74. The molecule has 1 saturated heterocycles. The Kier molecular flexibility index (Phi) is 11.6. The zero-order chi connectivity index (χ0) is 22.7. The topological polar surface area (TPSA) is 57.6 Å². The molecule has 4 nitrogen and oxygen atoms in total. The first-order valence-corrected chi connectivity index (χ1v) is 10.5. The third-order valence-corrected chi connectivity index (χ3v) is 4.64. The molecule has 1 amide bonds. The first-order chi connectivity index (χ1) is 13.8. The molecular formula is C25H37NO3. The molecule has 1 atom stereocenters. The molecular weight excluding hydrogens is 362 g/mol. The van der Waals surface area contributed by atoms with Crippen LogP contribution in [0, 0.1) is 5.92 Å². The second-order valence-corrected chi connectivity index (χ2v) is 6.64. The minimum atomic E-state index is -0.862. The van der Waals surface area contributed by atoms with Gasteiger partial charge in [-0.3, -0.25) is 9.59 Å². The molecule has 0 spiro atoms. The van der Waals surface area contributed by atoms with Crippen molar-refractivity contribution >= 4 is 17.6 Å².